The van der Waals surface area contributed by atoms with Crippen LogP contribution in [0.4, 0.5) is 0 Å². The molecule has 0 saturated heterocycles. The van der Waals surface area contributed by atoms with Crippen molar-refractivity contribution in [2.75, 3.05) is 6.54 Å². The topological polar surface area (TPSA) is 112 Å². The molecule has 1 aromatic heterocycles. The normalized spacial score (nSPS) is 17.9. The first-order chi connectivity index (χ1) is 8.85. The molecular formula is C11H17N3O4S. The smallest absolute Gasteiger partial charge is 0.303 e. The van der Waals surface area contributed by atoms with E-state index in [2.05, 4.69) is 14.9 Å². The largest absolute Gasteiger partial charge is 0.481 e. The predicted octanol–water partition coefficient (Wildman–Crippen LogP) is 0.641. The summed E-state index contributed by atoms with van der Waals surface area (Å²) in [6, 6.07) is 0. The van der Waals surface area contributed by atoms with Gasteiger partial charge >= 0.3 is 5.97 Å². The van der Waals surface area contributed by atoms with Crippen molar-refractivity contribution in [3.05, 3.63) is 11.9 Å². The Hall–Kier alpha value is -1.41. The van der Waals surface area contributed by atoms with E-state index in [9.17, 15) is 13.2 Å². The Kier molecular flexibility index (Phi) is 3.64. The minimum Gasteiger partial charge on any atom is -0.481 e. The molecule has 19 heavy (non-hydrogen) atoms. The Labute approximate surface area is 111 Å². The molecule has 0 aromatic carbocycles. The number of aromatic amines is 1. The lowest BCUT2D eigenvalue weighted by molar-refractivity contribution is -0.141. The first kappa shape index (κ1) is 14.0. The number of hydrogen-bond donors (Lipinski definition) is 3. The van der Waals surface area contributed by atoms with Gasteiger partial charge in [0.2, 0.25) is 10.0 Å². The first-order valence-corrected chi connectivity index (χ1v) is 7.54. The number of hydrogen-bond acceptors (Lipinski definition) is 4. The lowest BCUT2D eigenvalue weighted by Crippen LogP contribution is -2.43. The second-order valence-electron chi connectivity index (χ2n) is 5.11. The Morgan fingerprint density at radius 2 is 2.26 bits per heavy atom. The maximum Gasteiger partial charge on any atom is 0.303 e. The Morgan fingerprint density at radius 1 is 1.58 bits per heavy atom. The van der Waals surface area contributed by atoms with E-state index in [1.807, 2.05) is 0 Å². The summed E-state index contributed by atoms with van der Waals surface area (Å²) in [7, 11) is -3.63. The minimum absolute atomic E-state index is 0.000110. The van der Waals surface area contributed by atoms with Crippen LogP contribution in [0, 0.1) is 12.3 Å². The number of aryl methyl sites for hydroxylation is 1. The molecule has 1 aliphatic rings. The Balaban J connectivity index is 2.06. The van der Waals surface area contributed by atoms with Gasteiger partial charge in [-0.25, -0.2) is 13.1 Å². The number of rotatable bonds is 6. The lowest BCUT2D eigenvalue weighted by Gasteiger charge is -2.40. The van der Waals surface area contributed by atoms with Crippen LogP contribution >= 0.6 is 0 Å². The van der Waals surface area contributed by atoms with E-state index in [-0.39, 0.29) is 17.9 Å². The van der Waals surface area contributed by atoms with Gasteiger partial charge in [0.05, 0.1) is 18.3 Å². The standard InChI is InChI=1S/C11H17N3O4S/c1-8-9(6-12-14-8)19(17,18)13-7-11(3-2-4-11)5-10(15)16/h6,13H,2-5,7H2,1H3,(H,12,14)(H,15,16). The average Bonchev–Trinajstić information content (AvgIpc) is 2.68. The number of aliphatic carboxylic acids is 1. The van der Waals surface area contributed by atoms with Crippen LogP contribution in [0.15, 0.2) is 11.1 Å². The molecule has 0 spiro atoms. The predicted molar refractivity (Wildman–Crippen MR) is 67.1 cm³/mol. The molecule has 8 heteroatoms. The number of nitrogens with zero attached hydrogens (tertiary/aromatic N) is 1. The molecule has 1 aromatic rings. The zero-order valence-corrected chi connectivity index (χ0v) is 11.5. The molecule has 1 fully saturated rings. The van der Waals surface area contributed by atoms with Crippen molar-refractivity contribution in [2.45, 2.75) is 37.5 Å². The molecule has 2 rings (SSSR count). The third-order valence-corrected chi connectivity index (χ3v) is 5.17. The number of carboxylic acids is 1. The molecule has 0 amide bonds. The van der Waals surface area contributed by atoms with Crippen LogP contribution in [0.1, 0.15) is 31.4 Å². The summed E-state index contributed by atoms with van der Waals surface area (Å²) >= 11 is 0. The third kappa shape index (κ3) is 2.95. The van der Waals surface area contributed by atoms with Gasteiger partial charge in [-0.2, -0.15) is 5.10 Å². The van der Waals surface area contributed by atoms with Crippen molar-refractivity contribution in [3.63, 3.8) is 0 Å². The highest BCUT2D eigenvalue weighted by molar-refractivity contribution is 7.89. The van der Waals surface area contributed by atoms with E-state index >= 15 is 0 Å². The van der Waals surface area contributed by atoms with E-state index < -0.39 is 21.4 Å². The van der Waals surface area contributed by atoms with Gasteiger partial charge < -0.3 is 5.11 Å². The van der Waals surface area contributed by atoms with Gasteiger partial charge in [-0.3, -0.25) is 9.89 Å². The van der Waals surface area contributed by atoms with Gasteiger partial charge in [0.1, 0.15) is 4.90 Å². The van der Waals surface area contributed by atoms with E-state index in [1.165, 1.54) is 6.20 Å². The molecule has 3 N–H and O–H groups in total. The summed E-state index contributed by atoms with van der Waals surface area (Å²) < 4.78 is 26.6. The molecular weight excluding hydrogens is 270 g/mol. The average molecular weight is 287 g/mol. The van der Waals surface area contributed by atoms with Crippen molar-refractivity contribution in [1.82, 2.24) is 14.9 Å². The number of aromatic nitrogens is 2. The zero-order valence-electron chi connectivity index (χ0n) is 10.6. The SMILES string of the molecule is Cc1[nH]ncc1S(=O)(=O)NCC1(CC(=O)O)CCC1. The summed E-state index contributed by atoms with van der Waals surface area (Å²) in [6.07, 6.45) is 3.68. The van der Waals surface area contributed by atoms with Gasteiger partial charge in [0.15, 0.2) is 0 Å². The van der Waals surface area contributed by atoms with E-state index in [1.54, 1.807) is 6.92 Å². The highest BCUT2D eigenvalue weighted by Crippen LogP contribution is 2.43. The van der Waals surface area contributed by atoms with E-state index in [0.29, 0.717) is 5.69 Å². The molecule has 0 atom stereocenters. The van der Waals surface area contributed by atoms with Gasteiger partial charge in [0, 0.05) is 6.54 Å². The Bertz CT molecular complexity index is 575. The third-order valence-electron chi connectivity index (χ3n) is 3.65. The lowest BCUT2D eigenvalue weighted by atomic mass is 9.67. The van der Waals surface area contributed by atoms with Crippen LogP contribution in [-0.2, 0) is 14.8 Å². The molecule has 0 aliphatic heterocycles. The second kappa shape index (κ2) is 4.93. The van der Waals surface area contributed by atoms with Crippen LogP contribution in [0.2, 0.25) is 0 Å². The molecule has 1 saturated carbocycles. The van der Waals surface area contributed by atoms with E-state index in [0.717, 1.165) is 19.3 Å². The molecule has 0 bridgehead atoms. The van der Waals surface area contributed by atoms with Gasteiger partial charge in [-0.05, 0) is 25.2 Å². The van der Waals surface area contributed by atoms with Crippen LogP contribution in [-0.4, -0.2) is 36.2 Å². The number of carbonyl (C=O) groups is 1. The van der Waals surface area contributed by atoms with Crippen molar-refractivity contribution >= 4 is 16.0 Å². The quantitative estimate of drug-likeness (QED) is 0.711. The van der Waals surface area contributed by atoms with Crippen LogP contribution < -0.4 is 4.72 Å². The van der Waals surface area contributed by atoms with Crippen molar-refractivity contribution in [2.24, 2.45) is 5.41 Å². The van der Waals surface area contributed by atoms with Crippen molar-refractivity contribution in [3.8, 4) is 0 Å². The van der Waals surface area contributed by atoms with Crippen molar-refractivity contribution in [1.29, 1.82) is 0 Å². The number of carboxylic acid groups (broad SMARTS) is 1. The number of nitrogens with one attached hydrogen (secondary N) is 2. The van der Waals surface area contributed by atoms with E-state index in [4.69, 9.17) is 5.11 Å². The Morgan fingerprint density at radius 3 is 2.68 bits per heavy atom. The van der Waals surface area contributed by atoms with Gasteiger partial charge in [0.25, 0.3) is 0 Å². The molecule has 0 radical (unpaired) electrons. The summed E-state index contributed by atoms with van der Waals surface area (Å²) in [5.74, 6) is -0.890. The summed E-state index contributed by atoms with van der Waals surface area (Å²) in [5, 5.41) is 15.1. The van der Waals surface area contributed by atoms with Crippen molar-refractivity contribution < 1.29 is 18.3 Å². The van der Waals surface area contributed by atoms with Gasteiger partial charge in [-0.15, -0.1) is 0 Å². The van der Waals surface area contributed by atoms with Crippen LogP contribution in [0.25, 0.3) is 0 Å². The van der Waals surface area contributed by atoms with Crippen LogP contribution in [0.5, 0.6) is 0 Å². The highest BCUT2D eigenvalue weighted by atomic mass is 32.2. The monoisotopic (exact) mass is 287 g/mol. The summed E-state index contributed by atoms with van der Waals surface area (Å²) in [6.45, 7) is 1.78. The maximum absolute atomic E-state index is 12.1. The number of sulfonamides is 1. The maximum atomic E-state index is 12.1. The fourth-order valence-electron chi connectivity index (χ4n) is 2.35. The fraction of sp³-hybridized carbons (Fsp3) is 0.636. The minimum atomic E-state index is -3.63. The second-order valence-corrected chi connectivity index (χ2v) is 6.84. The molecule has 1 heterocycles. The summed E-state index contributed by atoms with van der Waals surface area (Å²) in [5.41, 5.74) is 0.0321. The van der Waals surface area contributed by atoms with Crippen LogP contribution in [0.3, 0.4) is 0 Å². The highest BCUT2D eigenvalue weighted by Gasteiger charge is 2.40. The molecule has 1 aliphatic carbocycles. The zero-order chi connectivity index (χ0) is 14.1. The van der Waals surface area contributed by atoms with Gasteiger partial charge in [-0.1, -0.05) is 6.42 Å². The first-order valence-electron chi connectivity index (χ1n) is 6.06. The summed E-state index contributed by atoms with van der Waals surface area (Å²) in [4.78, 5) is 10.9. The number of H-pyrrole nitrogens is 1. The molecule has 106 valence electrons. The molecule has 0 unspecified atom stereocenters. The fourth-order valence-corrected chi connectivity index (χ4v) is 3.64. The molecule has 7 nitrogen and oxygen atoms in total.